The lowest BCUT2D eigenvalue weighted by atomic mass is 10.1. The molecule has 0 saturated heterocycles. The Kier molecular flexibility index (Phi) is 8.04. The van der Waals surface area contributed by atoms with Crippen LogP contribution >= 0.6 is 17.3 Å². The van der Waals surface area contributed by atoms with Crippen LogP contribution in [0.4, 0.5) is 8.99 Å². The van der Waals surface area contributed by atoms with Crippen LogP contribution in [-0.2, 0) is 13.8 Å². The van der Waals surface area contributed by atoms with Gasteiger partial charge in [0.15, 0.2) is 5.52 Å². The average molecular weight is 300 g/mol. The molecular weight excluding hydrogens is 281 g/mol. The Labute approximate surface area is 109 Å². The summed E-state index contributed by atoms with van der Waals surface area (Å²) in [5.74, 6) is 0. The van der Waals surface area contributed by atoms with Crippen molar-refractivity contribution in [1.82, 2.24) is 0 Å². The summed E-state index contributed by atoms with van der Waals surface area (Å²) in [5.41, 5.74) is -3.23. The molecule has 0 aliphatic heterocycles. The van der Waals surface area contributed by atoms with Crippen molar-refractivity contribution in [1.29, 1.82) is 0 Å². The molecule has 0 spiro atoms. The summed E-state index contributed by atoms with van der Waals surface area (Å²) in [4.78, 5) is 22.7. The van der Waals surface area contributed by atoms with E-state index in [4.69, 9.17) is 4.52 Å². The van der Waals surface area contributed by atoms with E-state index in [9.17, 15) is 18.9 Å². The van der Waals surface area contributed by atoms with Gasteiger partial charge >= 0.3 is 14.4 Å². The lowest BCUT2D eigenvalue weighted by molar-refractivity contribution is -0.126. The second-order valence-corrected chi connectivity index (χ2v) is 5.93. The molecule has 0 aliphatic carbocycles. The minimum atomic E-state index is -2.81. The predicted molar refractivity (Wildman–Crippen MR) is 69.6 cm³/mol. The maximum absolute atomic E-state index is 13.1. The molecule has 0 amide bonds. The van der Waals surface area contributed by atoms with Gasteiger partial charge in [0.05, 0.1) is 14.7 Å². The molecule has 0 rings (SSSR count). The van der Waals surface area contributed by atoms with E-state index in [1.165, 1.54) is 6.92 Å². The highest BCUT2D eigenvalue weighted by atomic mass is 31.2. The van der Waals surface area contributed by atoms with Gasteiger partial charge < -0.3 is 9.63 Å². The highest BCUT2D eigenvalue weighted by molar-refractivity contribution is 7.74. The number of carbonyl (C=O) groups is 2. The van der Waals surface area contributed by atoms with Crippen molar-refractivity contribution in [2.24, 2.45) is 0 Å². The van der Waals surface area contributed by atoms with E-state index < -0.39 is 34.1 Å². The number of hydrogen-bond acceptors (Lipinski definition) is 5. The van der Waals surface area contributed by atoms with Crippen molar-refractivity contribution >= 4 is 28.5 Å². The number of rotatable bonds is 8. The summed E-state index contributed by atoms with van der Waals surface area (Å²) in [6.07, 6.45) is 0.415. The Morgan fingerprint density at radius 1 is 1.50 bits per heavy atom. The first-order valence-corrected chi connectivity index (χ1v) is 7.68. The van der Waals surface area contributed by atoms with Crippen LogP contribution < -0.4 is 0 Å². The quantitative estimate of drug-likeness (QED) is 0.694. The molecular formula is C10H19FO5P2. The number of carbonyl (C=O) groups excluding carboxylic acids is 2. The predicted octanol–water partition coefficient (Wildman–Crippen LogP) is 3.50. The Morgan fingerprint density at radius 2 is 2.06 bits per heavy atom. The van der Waals surface area contributed by atoms with Gasteiger partial charge in [0.25, 0.3) is 0 Å². The van der Waals surface area contributed by atoms with E-state index in [-0.39, 0.29) is 12.5 Å². The summed E-state index contributed by atoms with van der Waals surface area (Å²) in [7, 11) is -3.74. The zero-order chi connectivity index (χ0) is 14.3. The fourth-order valence-electron chi connectivity index (χ4n) is 0.713. The zero-order valence-electron chi connectivity index (χ0n) is 10.9. The number of hydrogen-bond donors (Lipinski definition) is 1. The van der Waals surface area contributed by atoms with Crippen molar-refractivity contribution in [3.05, 3.63) is 0 Å². The van der Waals surface area contributed by atoms with E-state index in [1.807, 2.05) is 0 Å². The van der Waals surface area contributed by atoms with Gasteiger partial charge in [0.2, 0.25) is 0 Å². The minimum absolute atomic E-state index is 0.180. The third-order valence-corrected chi connectivity index (χ3v) is 4.46. The fraction of sp³-hybridized carbons (Fsp3) is 0.800. The molecule has 4 atom stereocenters. The van der Waals surface area contributed by atoms with Crippen LogP contribution in [0.1, 0.15) is 40.5 Å². The topological polar surface area (TPSA) is 72.8 Å². The molecule has 1 N–H and O–H groups in total. The van der Waals surface area contributed by atoms with Gasteiger partial charge in [-0.2, -0.15) is 0 Å². The van der Waals surface area contributed by atoms with Crippen molar-refractivity contribution in [2.45, 2.75) is 52.2 Å². The minimum Gasteiger partial charge on any atom is -0.388 e. The van der Waals surface area contributed by atoms with E-state index in [0.29, 0.717) is 6.42 Å². The monoisotopic (exact) mass is 300 g/mol. The van der Waals surface area contributed by atoms with Crippen LogP contribution in [0, 0.1) is 0 Å². The number of aliphatic hydroxyl groups is 1. The van der Waals surface area contributed by atoms with Crippen molar-refractivity contribution in [2.75, 3.05) is 0 Å². The summed E-state index contributed by atoms with van der Waals surface area (Å²) >= 11 is 0. The van der Waals surface area contributed by atoms with Crippen molar-refractivity contribution in [3.63, 3.8) is 0 Å². The van der Waals surface area contributed by atoms with Gasteiger partial charge in [-0.3, -0.25) is 9.32 Å². The maximum Gasteiger partial charge on any atom is 0.441 e. The molecule has 18 heavy (non-hydrogen) atoms. The third kappa shape index (κ3) is 6.69. The molecule has 0 aliphatic rings. The molecule has 0 aromatic rings. The molecule has 0 heterocycles. The Morgan fingerprint density at radius 3 is 2.50 bits per heavy atom. The van der Waals surface area contributed by atoms with Crippen molar-refractivity contribution < 1.29 is 27.9 Å². The van der Waals surface area contributed by atoms with Gasteiger partial charge in [0.1, 0.15) is 5.60 Å². The van der Waals surface area contributed by atoms with Gasteiger partial charge in [0, 0.05) is 0 Å². The third-order valence-electron chi connectivity index (χ3n) is 2.39. The van der Waals surface area contributed by atoms with Gasteiger partial charge in [-0.25, -0.2) is 4.79 Å². The van der Waals surface area contributed by atoms with E-state index in [0.717, 1.165) is 0 Å². The van der Waals surface area contributed by atoms with Crippen LogP contribution in [0.25, 0.3) is 0 Å². The van der Waals surface area contributed by atoms with E-state index >= 15 is 0 Å². The van der Waals surface area contributed by atoms with Gasteiger partial charge in [-0.1, -0.05) is 13.8 Å². The lowest BCUT2D eigenvalue weighted by Crippen LogP contribution is -2.31. The summed E-state index contributed by atoms with van der Waals surface area (Å²) < 4.78 is 22.2. The van der Waals surface area contributed by atoms with Gasteiger partial charge in [-0.05, 0) is 26.7 Å². The molecule has 106 valence electrons. The maximum atomic E-state index is 13.1. The molecule has 0 saturated carbocycles. The molecule has 0 fully saturated rings. The number of halogens is 1. The average Bonchev–Trinajstić information content (AvgIpc) is 2.28. The van der Waals surface area contributed by atoms with E-state index in [1.54, 1.807) is 20.8 Å². The standard InChI is InChI=1S/C10H19FO5P2/c1-5-7(3)15-18(11)16-9(13)17-8(12)10(4,14)6-2/h7,14,17H,5-6H2,1-4H3. The van der Waals surface area contributed by atoms with Crippen LogP contribution in [0.3, 0.4) is 0 Å². The normalized spacial score (nSPS) is 18.3. The van der Waals surface area contributed by atoms with Crippen LogP contribution in [-0.4, -0.2) is 28.0 Å². The molecule has 8 heteroatoms. The second kappa shape index (κ2) is 8.11. The largest absolute Gasteiger partial charge is 0.441 e. The fourth-order valence-corrected chi connectivity index (χ4v) is 2.35. The van der Waals surface area contributed by atoms with Crippen LogP contribution in [0.5, 0.6) is 0 Å². The molecule has 0 bridgehead atoms. The van der Waals surface area contributed by atoms with E-state index in [2.05, 4.69) is 4.52 Å². The van der Waals surface area contributed by atoms with Crippen molar-refractivity contribution in [3.8, 4) is 0 Å². The Bertz CT molecular complexity index is 298. The second-order valence-electron chi connectivity index (χ2n) is 4.00. The molecule has 0 radical (unpaired) electrons. The lowest BCUT2D eigenvalue weighted by Gasteiger charge is -2.19. The summed E-state index contributed by atoms with van der Waals surface area (Å²) in [5, 5.41) is 9.59. The highest BCUT2D eigenvalue weighted by Gasteiger charge is 2.31. The molecule has 5 nitrogen and oxygen atoms in total. The first kappa shape index (κ1) is 17.8. The smallest absolute Gasteiger partial charge is 0.388 e. The molecule has 0 aromatic heterocycles. The summed E-state index contributed by atoms with van der Waals surface area (Å²) in [6.45, 7) is 6.38. The molecule has 0 aromatic carbocycles. The zero-order valence-corrected chi connectivity index (χ0v) is 12.8. The molecule has 4 unspecified atom stereocenters. The summed E-state index contributed by atoms with van der Waals surface area (Å²) in [6, 6.07) is 0. The highest BCUT2D eigenvalue weighted by Crippen LogP contribution is 2.44. The first-order valence-electron chi connectivity index (χ1n) is 5.61. The first-order chi connectivity index (χ1) is 8.22. The van der Waals surface area contributed by atoms with Gasteiger partial charge in [-0.15, -0.1) is 4.20 Å². The SMILES string of the molecule is CCC(C)OP(F)OC(=O)PC(=O)C(C)(O)CC. The Hall–Kier alpha value is -0.150. The van der Waals surface area contributed by atoms with Crippen LogP contribution in [0.2, 0.25) is 0 Å². The van der Waals surface area contributed by atoms with Crippen LogP contribution in [0.15, 0.2) is 0 Å². The Balaban J connectivity index is 4.16.